The average Bonchev–Trinajstić information content (AvgIpc) is 2.20. The maximum atomic E-state index is 5.91. The van der Waals surface area contributed by atoms with Crippen molar-refractivity contribution in [2.75, 3.05) is 14.1 Å². The van der Waals surface area contributed by atoms with E-state index in [1.54, 1.807) is 13.2 Å². The molecule has 0 saturated heterocycles. The highest BCUT2D eigenvalue weighted by atomic mass is 35.5. The zero-order chi connectivity index (χ0) is 10.6. The third-order valence-corrected chi connectivity index (χ3v) is 2.66. The molecule has 0 aliphatic rings. The second kappa shape index (κ2) is 5.12. The van der Waals surface area contributed by atoms with E-state index in [9.17, 15) is 0 Å². The molecule has 0 amide bonds. The van der Waals surface area contributed by atoms with Gasteiger partial charge in [-0.15, -0.1) is 0 Å². The van der Waals surface area contributed by atoms with Crippen molar-refractivity contribution in [3.05, 3.63) is 29.0 Å². The van der Waals surface area contributed by atoms with E-state index >= 15 is 0 Å². The van der Waals surface area contributed by atoms with Crippen LogP contribution in [-0.4, -0.2) is 29.1 Å². The Balaban J connectivity index is 2.69. The maximum absolute atomic E-state index is 5.91. The van der Waals surface area contributed by atoms with Gasteiger partial charge in [0.25, 0.3) is 0 Å². The van der Waals surface area contributed by atoms with Crippen LogP contribution in [-0.2, 0) is 6.54 Å². The van der Waals surface area contributed by atoms with Crippen LogP contribution in [0.25, 0.3) is 0 Å². The monoisotopic (exact) mass is 229 g/mol. The molecule has 0 aliphatic heterocycles. The standard InChI is InChI=1S/C9H12ClN3S/c1-11-9(14)13(2)6-7-4-3-5-12-8(7)10/h3-5H,6H2,1-2H3,(H,11,14). The molecule has 76 valence electrons. The Morgan fingerprint density at radius 3 is 3.00 bits per heavy atom. The summed E-state index contributed by atoms with van der Waals surface area (Å²) in [6.45, 7) is 0.659. The third-order valence-electron chi connectivity index (χ3n) is 1.80. The smallest absolute Gasteiger partial charge is 0.168 e. The highest BCUT2D eigenvalue weighted by molar-refractivity contribution is 7.80. The van der Waals surface area contributed by atoms with Crippen LogP contribution in [0.15, 0.2) is 18.3 Å². The van der Waals surface area contributed by atoms with Crippen molar-refractivity contribution in [3.8, 4) is 0 Å². The Morgan fingerprint density at radius 2 is 2.43 bits per heavy atom. The minimum atomic E-state index is 0.526. The quantitative estimate of drug-likeness (QED) is 0.617. The second-order valence-corrected chi connectivity index (χ2v) is 3.61. The van der Waals surface area contributed by atoms with Gasteiger partial charge >= 0.3 is 0 Å². The molecule has 0 radical (unpaired) electrons. The van der Waals surface area contributed by atoms with E-state index < -0.39 is 0 Å². The Labute approximate surface area is 94.1 Å². The SMILES string of the molecule is CNC(=S)N(C)Cc1cccnc1Cl. The molecule has 1 aromatic rings. The number of hydrogen-bond donors (Lipinski definition) is 1. The summed E-state index contributed by atoms with van der Waals surface area (Å²) in [6, 6.07) is 3.79. The number of halogens is 1. The van der Waals surface area contributed by atoms with Gasteiger partial charge in [-0.1, -0.05) is 17.7 Å². The Bertz CT molecular complexity index is 330. The zero-order valence-electron chi connectivity index (χ0n) is 8.12. The molecule has 1 rings (SSSR count). The molecule has 1 aromatic heterocycles. The lowest BCUT2D eigenvalue weighted by Gasteiger charge is -2.19. The first-order chi connectivity index (χ1) is 6.65. The normalized spacial score (nSPS) is 9.64. The van der Waals surface area contributed by atoms with E-state index in [-0.39, 0.29) is 0 Å². The number of rotatable bonds is 2. The molecular formula is C9H12ClN3S. The first kappa shape index (κ1) is 11.2. The van der Waals surface area contributed by atoms with Gasteiger partial charge in [0.2, 0.25) is 0 Å². The lowest BCUT2D eigenvalue weighted by molar-refractivity contribution is 0.494. The van der Waals surface area contributed by atoms with Crippen LogP contribution >= 0.6 is 23.8 Å². The van der Waals surface area contributed by atoms with Crippen LogP contribution in [0.2, 0.25) is 5.15 Å². The van der Waals surface area contributed by atoms with Crippen molar-refractivity contribution < 1.29 is 0 Å². The number of thiocarbonyl (C=S) groups is 1. The van der Waals surface area contributed by atoms with Crippen molar-refractivity contribution in [1.29, 1.82) is 0 Å². The summed E-state index contributed by atoms with van der Waals surface area (Å²) < 4.78 is 0. The van der Waals surface area contributed by atoms with E-state index in [1.807, 2.05) is 24.1 Å². The van der Waals surface area contributed by atoms with Crippen molar-refractivity contribution >= 4 is 28.9 Å². The van der Waals surface area contributed by atoms with Crippen molar-refractivity contribution in [2.24, 2.45) is 0 Å². The van der Waals surface area contributed by atoms with Gasteiger partial charge in [0.05, 0.1) is 0 Å². The van der Waals surface area contributed by atoms with Gasteiger partial charge < -0.3 is 10.2 Å². The Hall–Kier alpha value is -0.870. The fourth-order valence-corrected chi connectivity index (χ4v) is 1.30. The summed E-state index contributed by atoms with van der Waals surface area (Å²) in [5.41, 5.74) is 0.967. The van der Waals surface area contributed by atoms with Crippen LogP contribution in [0.4, 0.5) is 0 Å². The van der Waals surface area contributed by atoms with Gasteiger partial charge in [0.1, 0.15) is 5.15 Å². The molecule has 0 aliphatic carbocycles. The Morgan fingerprint density at radius 1 is 1.71 bits per heavy atom. The van der Waals surface area contributed by atoms with Gasteiger partial charge in [-0.05, 0) is 18.3 Å². The van der Waals surface area contributed by atoms with Crippen molar-refractivity contribution in [2.45, 2.75) is 6.54 Å². The first-order valence-corrected chi connectivity index (χ1v) is 4.96. The van der Waals surface area contributed by atoms with Gasteiger partial charge in [-0.2, -0.15) is 0 Å². The maximum Gasteiger partial charge on any atom is 0.168 e. The minimum Gasteiger partial charge on any atom is -0.366 e. The summed E-state index contributed by atoms with van der Waals surface area (Å²) >= 11 is 11.0. The van der Waals surface area contributed by atoms with E-state index in [2.05, 4.69) is 10.3 Å². The van der Waals surface area contributed by atoms with Gasteiger partial charge in [0, 0.05) is 32.4 Å². The van der Waals surface area contributed by atoms with E-state index in [0.29, 0.717) is 16.8 Å². The molecule has 0 fully saturated rings. The molecule has 0 spiro atoms. The lowest BCUT2D eigenvalue weighted by Crippen LogP contribution is -2.34. The number of pyridine rings is 1. The van der Waals surface area contributed by atoms with Gasteiger partial charge in [-0.25, -0.2) is 4.98 Å². The molecule has 0 bridgehead atoms. The molecule has 0 saturated carbocycles. The zero-order valence-corrected chi connectivity index (χ0v) is 9.69. The summed E-state index contributed by atoms with van der Waals surface area (Å²) in [5.74, 6) is 0. The molecule has 1 heterocycles. The third kappa shape index (κ3) is 2.82. The second-order valence-electron chi connectivity index (χ2n) is 2.86. The summed E-state index contributed by atoms with van der Waals surface area (Å²) in [5, 5.41) is 4.11. The minimum absolute atomic E-state index is 0.526. The largest absolute Gasteiger partial charge is 0.366 e. The van der Waals surface area contributed by atoms with Crippen molar-refractivity contribution in [1.82, 2.24) is 15.2 Å². The van der Waals surface area contributed by atoms with E-state index in [1.165, 1.54) is 0 Å². The molecular weight excluding hydrogens is 218 g/mol. The number of hydrogen-bond acceptors (Lipinski definition) is 2. The fraction of sp³-hybridized carbons (Fsp3) is 0.333. The summed E-state index contributed by atoms with van der Waals surface area (Å²) in [7, 11) is 3.70. The van der Waals surface area contributed by atoms with Crippen molar-refractivity contribution in [3.63, 3.8) is 0 Å². The molecule has 0 aromatic carbocycles. The van der Waals surface area contributed by atoms with Crippen LogP contribution in [0.1, 0.15) is 5.56 Å². The average molecular weight is 230 g/mol. The summed E-state index contributed by atoms with van der Waals surface area (Å²) in [4.78, 5) is 5.89. The highest BCUT2D eigenvalue weighted by Gasteiger charge is 2.06. The Kier molecular flexibility index (Phi) is 4.10. The van der Waals surface area contributed by atoms with Crippen LogP contribution in [0, 0.1) is 0 Å². The predicted molar refractivity (Wildman–Crippen MR) is 62.4 cm³/mol. The topological polar surface area (TPSA) is 28.2 Å². The number of nitrogens with one attached hydrogen (secondary N) is 1. The molecule has 0 unspecified atom stereocenters. The lowest BCUT2D eigenvalue weighted by atomic mass is 10.3. The van der Waals surface area contributed by atoms with E-state index in [4.69, 9.17) is 23.8 Å². The van der Waals surface area contributed by atoms with Crippen LogP contribution < -0.4 is 5.32 Å². The summed E-state index contributed by atoms with van der Waals surface area (Å²) in [6.07, 6.45) is 1.67. The van der Waals surface area contributed by atoms with E-state index in [0.717, 1.165) is 5.56 Å². The fourth-order valence-electron chi connectivity index (χ4n) is 1.06. The number of aromatic nitrogens is 1. The van der Waals surface area contributed by atoms with Crippen LogP contribution in [0.3, 0.4) is 0 Å². The van der Waals surface area contributed by atoms with Gasteiger partial charge in [-0.3, -0.25) is 0 Å². The predicted octanol–water partition coefficient (Wildman–Crippen LogP) is 1.67. The molecule has 14 heavy (non-hydrogen) atoms. The molecule has 3 nitrogen and oxygen atoms in total. The first-order valence-electron chi connectivity index (χ1n) is 4.17. The van der Waals surface area contributed by atoms with Crippen LogP contribution in [0.5, 0.6) is 0 Å². The number of nitrogens with zero attached hydrogens (tertiary/aromatic N) is 2. The molecule has 1 N–H and O–H groups in total. The van der Waals surface area contributed by atoms with Gasteiger partial charge in [0.15, 0.2) is 5.11 Å². The molecule has 5 heteroatoms. The highest BCUT2D eigenvalue weighted by Crippen LogP contribution is 2.13. The molecule has 0 atom stereocenters.